The minimum atomic E-state index is -0.00507. The summed E-state index contributed by atoms with van der Waals surface area (Å²) in [4.78, 5) is 14.3. The average Bonchev–Trinajstić information content (AvgIpc) is 2.37. The Balaban J connectivity index is 2.88. The number of hydrogen-bond acceptors (Lipinski definition) is 2. The molecule has 0 saturated carbocycles. The van der Waals surface area contributed by atoms with Gasteiger partial charge in [-0.05, 0) is 37.0 Å². The molecule has 0 aliphatic rings. The van der Waals surface area contributed by atoms with Crippen LogP contribution in [0.4, 0.5) is 0 Å². The molecule has 0 bridgehead atoms. The van der Waals surface area contributed by atoms with Crippen molar-refractivity contribution in [3.8, 4) is 6.07 Å². The molecule has 3 nitrogen and oxygen atoms in total. The molecular formula is C17H24N2O. The maximum Gasteiger partial charge on any atom is 0.223 e. The molecule has 0 saturated heterocycles. The lowest BCUT2D eigenvalue weighted by atomic mass is 9.91. The molecule has 0 aliphatic carbocycles. The number of nitrogens with zero attached hydrogens (tertiary/aromatic N) is 2. The van der Waals surface area contributed by atoms with Crippen molar-refractivity contribution < 1.29 is 4.79 Å². The van der Waals surface area contributed by atoms with Crippen LogP contribution in [-0.4, -0.2) is 17.4 Å². The molecule has 0 fully saturated rings. The summed E-state index contributed by atoms with van der Waals surface area (Å²) in [6, 6.07) is 9.59. The van der Waals surface area contributed by atoms with Crippen molar-refractivity contribution in [3.63, 3.8) is 0 Å². The second-order valence-electron chi connectivity index (χ2n) is 6.33. The summed E-state index contributed by atoms with van der Waals surface area (Å²) < 4.78 is 0. The largest absolute Gasteiger partial charge is 0.336 e. The third-order valence-electron chi connectivity index (χ3n) is 3.33. The van der Waals surface area contributed by atoms with E-state index in [1.807, 2.05) is 30.9 Å². The summed E-state index contributed by atoms with van der Waals surface area (Å²) in [5, 5.41) is 8.82. The second-order valence-corrected chi connectivity index (χ2v) is 6.33. The van der Waals surface area contributed by atoms with E-state index in [9.17, 15) is 4.79 Å². The van der Waals surface area contributed by atoms with E-state index in [-0.39, 0.29) is 17.4 Å². The highest BCUT2D eigenvalue weighted by Gasteiger charge is 2.24. The van der Waals surface area contributed by atoms with E-state index in [1.165, 1.54) is 0 Å². The Morgan fingerprint density at radius 3 is 2.25 bits per heavy atom. The zero-order valence-corrected chi connectivity index (χ0v) is 13.1. The molecule has 1 rings (SSSR count). The molecule has 1 aromatic carbocycles. The standard InChI is InChI=1S/C17H24N2O/c1-6-19(16(20)11-17(3,4)5)13(2)15-9-7-14(12-18)8-10-15/h7-10,13H,6,11H2,1-5H3. The fourth-order valence-electron chi connectivity index (χ4n) is 2.24. The Bertz CT molecular complexity index is 491. The molecule has 1 unspecified atom stereocenters. The molecular weight excluding hydrogens is 248 g/mol. The zero-order chi connectivity index (χ0) is 15.3. The van der Waals surface area contributed by atoms with E-state index in [0.29, 0.717) is 18.5 Å². The van der Waals surface area contributed by atoms with Gasteiger partial charge >= 0.3 is 0 Å². The van der Waals surface area contributed by atoms with Crippen LogP contribution in [0.1, 0.15) is 58.2 Å². The van der Waals surface area contributed by atoms with Crippen LogP contribution in [0.5, 0.6) is 0 Å². The van der Waals surface area contributed by atoms with Gasteiger partial charge in [-0.25, -0.2) is 0 Å². The third kappa shape index (κ3) is 4.38. The van der Waals surface area contributed by atoms with E-state index < -0.39 is 0 Å². The fourth-order valence-corrected chi connectivity index (χ4v) is 2.24. The van der Waals surface area contributed by atoms with Gasteiger partial charge in [0, 0.05) is 13.0 Å². The first-order valence-corrected chi connectivity index (χ1v) is 7.08. The maximum atomic E-state index is 12.4. The monoisotopic (exact) mass is 272 g/mol. The minimum absolute atomic E-state index is 0.00507. The van der Waals surface area contributed by atoms with Crippen molar-refractivity contribution in [2.24, 2.45) is 5.41 Å². The average molecular weight is 272 g/mol. The summed E-state index contributed by atoms with van der Waals surface area (Å²) >= 11 is 0. The van der Waals surface area contributed by atoms with Crippen LogP contribution in [0, 0.1) is 16.7 Å². The Labute approximate surface area is 122 Å². The van der Waals surface area contributed by atoms with Crippen molar-refractivity contribution in [1.29, 1.82) is 5.26 Å². The van der Waals surface area contributed by atoms with Gasteiger partial charge in [0.15, 0.2) is 0 Å². The topological polar surface area (TPSA) is 44.1 Å². The Hall–Kier alpha value is -1.82. The molecule has 0 radical (unpaired) electrons. The molecule has 1 aromatic rings. The number of carbonyl (C=O) groups excluding carboxylic acids is 1. The summed E-state index contributed by atoms with van der Waals surface area (Å²) in [6.07, 6.45) is 0.543. The lowest BCUT2D eigenvalue weighted by molar-refractivity contribution is -0.135. The highest BCUT2D eigenvalue weighted by atomic mass is 16.2. The molecule has 3 heteroatoms. The quantitative estimate of drug-likeness (QED) is 0.834. The van der Waals surface area contributed by atoms with E-state index in [1.54, 1.807) is 12.1 Å². The van der Waals surface area contributed by atoms with Gasteiger partial charge in [-0.15, -0.1) is 0 Å². The number of rotatable bonds is 4. The molecule has 0 spiro atoms. The lowest BCUT2D eigenvalue weighted by Gasteiger charge is -2.31. The van der Waals surface area contributed by atoms with Gasteiger partial charge in [-0.2, -0.15) is 5.26 Å². The first kappa shape index (κ1) is 16.2. The molecule has 0 aliphatic heterocycles. The predicted octanol–water partition coefficient (Wildman–Crippen LogP) is 3.90. The van der Waals surface area contributed by atoms with Crippen LogP contribution >= 0.6 is 0 Å². The summed E-state index contributed by atoms with van der Waals surface area (Å²) in [5.41, 5.74) is 1.70. The Morgan fingerprint density at radius 1 is 1.30 bits per heavy atom. The number of nitriles is 1. The fraction of sp³-hybridized carbons (Fsp3) is 0.529. The first-order chi connectivity index (χ1) is 9.28. The van der Waals surface area contributed by atoms with Crippen LogP contribution in [0.3, 0.4) is 0 Å². The van der Waals surface area contributed by atoms with Crippen LogP contribution in [0.25, 0.3) is 0 Å². The SMILES string of the molecule is CCN(C(=O)CC(C)(C)C)C(C)c1ccc(C#N)cc1. The van der Waals surface area contributed by atoms with Crippen molar-refractivity contribution in [2.75, 3.05) is 6.54 Å². The van der Waals surface area contributed by atoms with Crippen LogP contribution in [-0.2, 0) is 4.79 Å². The van der Waals surface area contributed by atoms with Gasteiger partial charge in [0.2, 0.25) is 5.91 Å². The molecule has 1 amide bonds. The van der Waals surface area contributed by atoms with Gasteiger partial charge in [-0.3, -0.25) is 4.79 Å². The van der Waals surface area contributed by atoms with Crippen LogP contribution < -0.4 is 0 Å². The zero-order valence-electron chi connectivity index (χ0n) is 13.1. The van der Waals surface area contributed by atoms with Gasteiger partial charge < -0.3 is 4.90 Å². The number of amides is 1. The maximum absolute atomic E-state index is 12.4. The molecule has 108 valence electrons. The summed E-state index contributed by atoms with van der Waals surface area (Å²) in [7, 11) is 0. The summed E-state index contributed by atoms with van der Waals surface area (Å²) in [5.74, 6) is 0.178. The molecule has 0 N–H and O–H groups in total. The smallest absolute Gasteiger partial charge is 0.223 e. The van der Waals surface area contributed by atoms with Crippen molar-refractivity contribution in [3.05, 3.63) is 35.4 Å². The Kier molecular flexibility index (Phi) is 5.33. The van der Waals surface area contributed by atoms with E-state index in [4.69, 9.17) is 5.26 Å². The van der Waals surface area contributed by atoms with E-state index in [0.717, 1.165) is 5.56 Å². The molecule has 20 heavy (non-hydrogen) atoms. The highest BCUT2D eigenvalue weighted by molar-refractivity contribution is 5.77. The van der Waals surface area contributed by atoms with Crippen molar-refractivity contribution in [1.82, 2.24) is 4.90 Å². The first-order valence-electron chi connectivity index (χ1n) is 7.08. The van der Waals surface area contributed by atoms with Crippen LogP contribution in [0.15, 0.2) is 24.3 Å². The van der Waals surface area contributed by atoms with Gasteiger partial charge in [-0.1, -0.05) is 32.9 Å². The van der Waals surface area contributed by atoms with E-state index >= 15 is 0 Å². The second kappa shape index (κ2) is 6.56. The number of benzene rings is 1. The highest BCUT2D eigenvalue weighted by Crippen LogP contribution is 2.25. The molecule has 0 heterocycles. The summed E-state index contributed by atoms with van der Waals surface area (Å²) in [6.45, 7) is 10.9. The van der Waals surface area contributed by atoms with Crippen molar-refractivity contribution >= 4 is 5.91 Å². The van der Waals surface area contributed by atoms with Gasteiger partial charge in [0.1, 0.15) is 0 Å². The third-order valence-corrected chi connectivity index (χ3v) is 3.33. The van der Waals surface area contributed by atoms with Crippen molar-refractivity contribution in [2.45, 2.75) is 47.1 Å². The van der Waals surface area contributed by atoms with Gasteiger partial charge in [0.25, 0.3) is 0 Å². The number of hydrogen-bond donors (Lipinski definition) is 0. The predicted molar refractivity (Wildman–Crippen MR) is 81.0 cm³/mol. The van der Waals surface area contributed by atoms with Crippen LogP contribution in [0.2, 0.25) is 0 Å². The normalized spacial score (nSPS) is 12.6. The Morgan fingerprint density at radius 2 is 1.85 bits per heavy atom. The van der Waals surface area contributed by atoms with Gasteiger partial charge in [0.05, 0.1) is 17.7 Å². The molecule has 0 aromatic heterocycles. The minimum Gasteiger partial charge on any atom is -0.336 e. The lowest BCUT2D eigenvalue weighted by Crippen LogP contribution is -2.35. The van der Waals surface area contributed by atoms with E-state index in [2.05, 4.69) is 26.8 Å². The number of carbonyl (C=O) groups is 1. The molecule has 1 atom stereocenters.